The minimum absolute atomic E-state index is 0.194. The van der Waals surface area contributed by atoms with Crippen molar-refractivity contribution >= 4 is 15.9 Å². The summed E-state index contributed by atoms with van der Waals surface area (Å²) in [6, 6.07) is 6.62. The Hall–Kier alpha value is -0.450. The predicted octanol–water partition coefficient (Wildman–Crippen LogP) is 3.55. The van der Waals surface area contributed by atoms with Crippen LogP contribution in [0.4, 0.5) is 4.39 Å². The van der Waals surface area contributed by atoms with E-state index >= 15 is 0 Å². The summed E-state index contributed by atoms with van der Waals surface area (Å²) in [5.74, 6) is -0.194. The Bertz CT molecular complexity index is 417. The summed E-state index contributed by atoms with van der Waals surface area (Å²) in [5.41, 5.74) is 1.16. The molecule has 0 aliphatic heterocycles. The quantitative estimate of drug-likeness (QED) is 0.909. The fraction of sp³-hybridized carbons (Fsp3) is 0.600. The van der Waals surface area contributed by atoms with Crippen molar-refractivity contribution in [1.29, 1.82) is 0 Å². The third kappa shape index (κ3) is 4.01. The summed E-state index contributed by atoms with van der Waals surface area (Å²) in [6.45, 7) is 0.883. The van der Waals surface area contributed by atoms with Gasteiger partial charge in [0.05, 0.1) is 4.47 Å². The molecule has 0 amide bonds. The molecule has 0 unspecified atom stereocenters. The molecule has 4 heteroatoms. The maximum atomic E-state index is 13.2. The van der Waals surface area contributed by atoms with Crippen LogP contribution in [-0.4, -0.2) is 31.1 Å². The number of rotatable bonds is 4. The highest BCUT2D eigenvalue weighted by molar-refractivity contribution is 9.10. The lowest BCUT2D eigenvalue weighted by Crippen LogP contribution is -2.39. The van der Waals surface area contributed by atoms with Crippen molar-refractivity contribution in [2.45, 2.75) is 44.3 Å². The van der Waals surface area contributed by atoms with Gasteiger partial charge >= 0.3 is 0 Å². The van der Waals surface area contributed by atoms with Gasteiger partial charge in [-0.2, -0.15) is 0 Å². The van der Waals surface area contributed by atoms with E-state index in [0.29, 0.717) is 16.6 Å². The highest BCUT2D eigenvalue weighted by Crippen LogP contribution is 2.24. The van der Waals surface area contributed by atoms with Crippen molar-refractivity contribution < 1.29 is 4.39 Å². The molecule has 0 saturated heterocycles. The summed E-state index contributed by atoms with van der Waals surface area (Å²) in [7, 11) is 4.21. The van der Waals surface area contributed by atoms with E-state index in [1.54, 1.807) is 0 Å². The molecule has 1 aliphatic carbocycles. The van der Waals surface area contributed by atoms with E-state index in [0.717, 1.165) is 12.1 Å². The second-order valence-corrected chi connectivity index (χ2v) is 6.31. The smallest absolute Gasteiger partial charge is 0.137 e. The fourth-order valence-corrected chi connectivity index (χ4v) is 3.29. The lowest BCUT2D eigenvalue weighted by molar-refractivity contribution is 0.170. The molecule has 1 N–H and O–H groups in total. The molecule has 0 atom stereocenters. The van der Waals surface area contributed by atoms with Gasteiger partial charge in [-0.1, -0.05) is 6.07 Å². The van der Waals surface area contributed by atoms with E-state index in [1.165, 1.54) is 31.7 Å². The molecule has 0 bridgehead atoms. The molecule has 1 aliphatic rings. The lowest BCUT2D eigenvalue weighted by Gasteiger charge is -2.34. The van der Waals surface area contributed by atoms with Gasteiger partial charge in [0.15, 0.2) is 0 Å². The third-order valence-corrected chi connectivity index (χ3v) is 4.75. The largest absolute Gasteiger partial charge is 0.317 e. The Morgan fingerprint density at radius 1 is 1.32 bits per heavy atom. The molecule has 0 radical (unpaired) electrons. The molecule has 1 saturated carbocycles. The van der Waals surface area contributed by atoms with Crippen LogP contribution in [0.15, 0.2) is 22.7 Å². The molecular weight excluding hydrogens is 307 g/mol. The Kier molecular flexibility index (Phi) is 5.37. The molecule has 1 aromatic carbocycles. The number of nitrogens with one attached hydrogen (secondary N) is 1. The number of hydrogen-bond acceptors (Lipinski definition) is 2. The van der Waals surface area contributed by atoms with E-state index in [2.05, 4.69) is 33.2 Å². The molecule has 19 heavy (non-hydrogen) atoms. The number of halogens is 2. The molecule has 1 fully saturated rings. The highest BCUT2D eigenvalue weighted by atomic mass is 79.9. The Morgan fingerprint density at radius 2 is 2.00 bits per heavy atom. The van der Waals surface area contributed by atoms with Crippen LogP contribution < -0.4 is 5.32 Å². The zero-order chi connectivity index (χ0) is 13.8. The normalized spacial score (nSPS) is 23.8. The standard InChI is InChI=1S/C15H22BrFN2/c1-18-12-4-6-13(7-5-12)19(2)10-11-3-8-15(17)14(16)9-11/h3,8-9,12-13,18H,4-7,10H2,1-2H3. The van der Waals surface area contributed by atoms with Gasteiger partial charge in [-0.25, -0.2) is 4.39 Å². The van der Waals surface area contributed by atoms with E-state index in [1.807, 2.05) is 19.2 Å². The summed E-state index contributed by atoms with van der Waals surface area (Å²) in [6.07, 6.45) is 4.98. The van der Waals surface area contributed by atoms with Gasteiger partial charge < -0.3 is 5.32 Å². The summed E-state index contributed by atoms with van der Waals surface area (Å²) < 4.78 is 13.8. The zero-order valence-electron chi connectivity index (χ0n) is 11.6. The number of benzene rings is 1. The molecular formula is C15H22BrFN2. The van der Waals surface area contributed by atoms with Crippen LogP contribution in [0, 0.1) is 5.82 Å². The maximum absolute atomic E-state index is 13.2. The van der Waals surface area contributed by atoms with Gasteiger partial charge in [0.2, 0.25) is 0 Å². The first-order valence-corrected chi connectivity index (χ1v) is 7.71. The van der Waals surface area contributed by atoms with E-state index in [-0.39, 0.29) is 5.82 Å². The minimum atomic E-state index is -0.194. The molecule has 0 aromatic heterocycles. The van der Waals surface area contributed by atoms with E-state index < -0.39 is 0 Å². The van der Waals surface area contributed by atoms with E-state index in [9.17, 15) is 4.39 Å². The first-order chi connectivity index (χ1) is 9.10. The van der Waals surface area contributed by atoms with Crippen LogP contribution in [0.25, 0.3) is 0 Å². The fourth-order valence-electron chi connectivity index (χ4n) is 2.86. The van der Waals surface area contributed by atoms with Crippen LogP contribution >= 0.6 is 15.9 Å². The Morgan fingerprint density at radius 3 is 2.58 bits per heavy atom. The van der Waals surface area contributed by atoms with Crippen LogP contribution in [-0.2, 0) is 6.54 Å². The SMILES string of the molecule is CNC1CCC(N(C)Cc2ccc(F)c(Br)c2)CC1. The van der Waals surface area contributed by atoms with Crippen LogP contribution in [0.2, 0.25) is 0 Å². The first-order valence-electron chi connectivity index (χ1n) is 6.91. The van der Waals surface area contributed by atoms with Crippen LogP contribution in [0.5, 0.6) is 0 Å². The summed E-state index contributed by atoms with van der Waals surface area (Å²) >= 11 is 3.25. The summed E-state index contributed by atoms with van der Waals surface area (Å²) in [4.78, 5) is 2.39. The van der Waals surface area contributed by atoms with Gasteiger partial charge in [-0.3, -0.25) is 4.90 Å². The van der Waals surface area contributed by atoms with Gasteiger partial charge in [0.1, 0.15) is 5.82 Å². The maximum Gasteiger partial charge on any atom is 0.137 e. The number of nitrogens with zero attached hydrogens (tertiary/aromatic N) is 1. The zero-order valence-corrected chi connectivity index (χ0v) is 13.2. The minimum Gasteiger partial charge on any atom is -0.317 e. The Balaban J connectivity index is 1.90. The molecule has 2 nitrogen and oxygen atoms in total. The van der Waals surface area contributed by atoms with Crippen molar-refractivity contribution in [3.63, 3.8) is 0 Å². The third-order valence-electron chi connectivity index (χ3n) is 4.14. The second kappa shape index (κ2) is 6.82. The first kappa shape index (κ1) is 14.9. The number of hydrogen-bond donors (Lipinski definition) is 1. The monoisotopic (exact) mass is 328 g/mol. The molecule has 0 heterocycles. The van der Waals surface area contributed by atoms with Crippen molar-refractivity contribution in [2.24, 2.45) is 0 Å². The highest BCUT2D eigenvalue weighted by Gasteiger charge is 2.23. The van der Waals surface area contributed by atoms with E-state index in [4.69, 9.17) is 0 Å². The van der Waals surface area contributed by atoms with Crippen molar-refractivity contribution in [1.82, 2.24) is 10.2 Å². The van der Waals surface area contributed by atoms with Crippen molar-refractivity contribution in [3.8, 4) is 0 Å². The van der Waals surface area contributed by atoms with Gasteiger partial charge in [0, 0.05) is 18.6 Å². The van der Waals surface area contributed by atoms with Crippen LogP contribution in [0.1, 0.15) is 31.2 Å². The van der Waals surface area contributed by atoms with Gasteiger partial charge in [0.25, 0.3) is 0 Å². The predicted molar refractivity (Wildman–Crippen MR) is 80.7 cm³/mol. The molecule has 0 spiro atoms. The van der Waals surface area contributed by atoms with Crippen molar-refractivity contribution in [2.75, 3.05) is 14.1 Å². The average molecular weight is 329 g/mol. The molecule has 2 rings (SSSR count). The topological polar surface area (TPSA) is 15.3 Å². The molecule has 106 valence electrons. The second-order valence-electron chi connectivity index (χ2n) is 5.46. The Labute approximate surface area is 123 Å². The average Bonchev–Trinajstić information content (AvgIpc) is 2.43. The van der Waals surface area contributed by atoms with Gasteiger partial charge in [-0.15, -0.1) is 0 Å². The van der Waals surface area contributed by atoms with Gasteiger partial charge in [-0.05, 0) is 73.4 Å². The van der Waals surface area contributed by atoms with Crippen molar-refractivity contribution in [3.05, 3.63) is 34.1 Å². The van der Waals surface area contributed by atoms with Crippen LogP contribution in [0.3, 0.4) is 0 Å². The lowest BCUT2D eigenvalue weighted by atomic mass is 9.90. The molecule has 1 aromatic rings. The summed E-state index contributed by atoms with van der Waals surface area (Å²) in [5, 5.41) is 3.36.